The number of rotatable bonds is 14. The Morgan fingerprint density at radius 1 is 1.03 bits per heavy atom. The number of hydrogen-bond acceptors (Lipinski definition) is 4. The summed E-state index contributed by atoms with van der Waals surface area (Å²) in [6.07, 6.45) is 15.2. The molecule has 0 spiro atoms. The Hall–Kier alpha value is -2.88. The molecule has 4 nitrogen and oxygen atoms in total. The van der Waals surface area contributed by atoms with E-state index < -0.39 is 0 Å². The largest absolute Gasteiger partial charge is 0.494 e. The third-order valence-electron chi connectivity index (χ3n) is 7.07. The summed E-state index contributed by atoms with van der Waals surface area (Å²) in [5.74, 6) is 1.60. The first-order chi connectivity index (χ1) is 17.5. The third-order valence-corrected chi connectivity index (χ3v) is 7.07. The molecule has 0 saturated carbocycles. The van der Waals surface area contributed by atoms with Crippen molar-refractivity contribution >= 4 is 17.9 Å². The molecule has 36 heavy (non-hydrogen) atoms. The van der Waals surface area contributed by atoms with Gasteiger partial charge in [0.1, 0.15) is 5.75 Å². The normalized spacial score (nSPS) is 16.5. The second-order valence-corrected chi connectivity index (χ2v) is 10.2. The molecule has 0 amide bonds. The minimum atomic E-state index is -0.267. The number of nitrogens with zero attached hydrogens (tertiary/aromatic N) is 1. The zero-order valence-electron chi connectivity index (χ0n) is 22.4. The number of ether oxygens (including phenoxy) is 2. The van der Waals surface area contributed by atoms with Gasteiger partial charge in [-0.25, -0.2) is 4.79 Å². The molecule has 0 heterocycles. The summed E-state index contributed by atoms with van der Waals surface area (Å²) >= 11 is 0. The highest BCUT2D eigenvalue weighted by molar-refractivity contribution is 5.90. The van der Waals surface area contributed by atoms with Crippen molar-refractivity contribution in [3.05, 3.63) is 71.3 Å². The number of esters is 1. The van der Waals surface area contributed by atoms with E-state index in [2.05, 4.69) is 31.8 Å². The van der Waals surface area contributed by atoms with Crippen LogP contribution in [0.1, 0.15) is 94.5 Å². The van der Waals surface area contributed by atoms with Crippen molar-refractivity contribution in [3.8, 4) is 5.75 Å². The molecular formula is C32H43NO3. The van der Waals surface area contributed by atoms with Gasteiger partial charge in [-0.15, -0.1) is 0 Å². The molecular weight excluding hydrogens is 446 g/mol. The predicted octanol–water partition coefficient (Wildman–Crippen LogP) is 8.72. The monoisotopic (exact) mass is 489 g/mol. The van der Waals surface area contributed by atoms with E-state index >= 15 is 0 Å². The summed E-state index contributed by atoms with van der Waals surface area (Å²) in [5.41, 5.74) is 3.84. The van der Waals surface area contributed by atoms with E-state index in [1.807, 2.05) is 42.6 Å². The van der Waals surface area contributed by atoms with Crippen molar-refractivity contribution in [1.82, 2.24) is 0 Å². The molecule has 2 unspecified atom stereocenters. The molecule has 0 saturated heterocycles. The van der Waals surface area contributed by atoms with Gasteiger partial charge in [0.15, 0.2) is 0 Å². The molecule has 0 N–H and O–H groups in total. The highest BCUT2D eigenvalue weighted by Crippen LogP contribution is 2.29. The maximum absolute atomic E-state index is 12.5. The second kappa shape index (κ2) is 15.3. The molecule has 2 aromatic rings. The van der Waals surface area contributed by atoms with Gasteiger partial charge < -0.3 is 9.47 Å². The lowest BCUT2D eigenvalue weighted by Crippen LogP contribution is -2.21. The van der Waals surface area contributed by atoms with Crippen LogP contribution >= 0.6 is 0 Å². The Kier molecular flexibility index (Phi) is 11.8. The third kappa shape index (κ3) is 9.64. The minimum Gasteiger partial charge on any atom is -0.494 e. The summed E-state index contributed by atoms with van der Waals surface area (Å²) in [4.78, 5) is 17.0. The van der Waals surface area contributed by atoms with E-state index in [-0.39, 0.29) is 5.97 Å². The summed E-state index contributed by atoms with van der Waals surface area (Å²) < 4.78 is 11.4. The van der Waals surface area contributed by atoms with Crippen LogP contribution in [0.15, 0.2) is 65.2 Å². The first-order valence-electron chi connectivity index (χ1n) is 13.7. The summed E-state index contributed by atoms with van der Waals surface area (Å²) in [7, 11) is 0. The quantitative estimate of drug-likeness (QED) is 0.115. The van der Waals surface area contributed by atoms with Crippen molar-refractivity contribution in [2.75, 3.05) is 13.2 Å². The highest BCUT2D eigenvalue weighted by Gasteiger charge is 2.21. The van der Waals surface area contributed by atoms with Gasteiger partial charge in [0, 0.05) is 6.21 Å². The Labute approximate surface area is 217 Å². The molecule has 2 aromatic carbocycles. The van der Waals surface area contributed by atoms with Gasteiger partial charge in [-0.1, -0.05) is 57.6 Å². The zero-order valence-corrected chi connectivity index (χ0v) is 22.4. The van der Waals surface area contributed by atoms with E-state index in [9.17, 15) is 4.79 Å². The van der Waals surface area contributed by atoms with Crippen LogP contribution in [0.25, 0.3) is 0 Å². The molecule has 2 atom stereocenters. The van der Waals surface area contributed by atoms with E-state index in [0.29, 0.717) is 24.0 Å². The molecule has 0 fully saturated rings. The van der Waals surface area contributed by atoms with Gasteiger partial charge in [-0.05, 0) is 98.5 Å². The molecule has 0 aromatic heterocycles. The van der Waals surface area contributed by atoms with Gasteiger partial charge in [0.25, 0.3) is 0 Å². The van der Waals surface area contributed by atoms with Crippen LogP contribution in [0.4, 0.5) is 5.69 Å². The van der Waals surface area contributed by atoms with Gasteiger partial charge in [0.05, 0.1) is 24.5 Å². The SMILES string of the molecule is CCCCCCCCOc1ccc(C=Nc2ccc(C(=O)OCC(C)C3CC=C(C)CC3)cc2)cc1. The van der Waals surface area contributed by atoms with Gasteiger partial charge >= 0.3 is 5.97 Å². The average Bonchev–Trinajstić information content (AvgIpc) is 2.91. The lowest BCUT2D eigenvalue weighted by Gasteiger charge is -2.26. The zero-order chi connectivity index (χ0) is 25.6. The Morgan fingerprint density at radius 2 is 1.75 bits per heavy atom. The maximum atomic E-state index is 12.5. The average molecular weight is 490 g/mol. The van der Waals surface area contributed by atoms with Crippen LogP contribution in [0, 0.1) is 11.8 Å². The number of allylic oxidation sites excluding steroid dienone is 2. The fourth-order valence-corrected chi connectivity index (χ4v) is 4.48. The predicted molar refractivity (Wildman–Crippen MR) is 150 cm³/mol. The smallest absolute Gasteiger partial charge is 0.338 e. The Bertz CT molecular complexity index is 975. The number of aliphatic imine (C=N–C) groups is 1. The number of unbranched alkanes of at least 4 members (excludes halogenated alkanes) is 5. The Morgan fingerprint density at radius 3 is 2.44 bits per heavy atom. The molecule has 194 valence electrons. The summed E-state index contributed by atoms with van der Waals surface area (Å²) in [6, 6.07) is 15.3. The van der Waals surface area contributed by atoms with Gasteiger partial charge in [-0.3, -0.25) is 4.99 Å². The van der Waals surface area contributed by atoms with Crippen molar-refractivity contribution in [1.29, 1.82) is 0 Å². The topological polar surface area (TPSA) is 47.9 Å². The standard InChI is InChI=1S/C32H43NO3/c1-4-5-6-7-8-9-22-35-31-20-12-27(13-21-31)23-33-30-18-16-29(17-19-30)32(34)36-24-26(3)28-14-10-25(2)11-15-28/h10,12-13,16-21,23,26,28H,4-9,11,14-15,22,24H2,1-3H3. The molecule has 1 aliphatic carbocycles. The van der Waals surface area contributed by atoms with Gasteiger partial charge in [0.2, 0.25) is 0 Å². The second-order valence-electron chi connectivity index (χ2n) is 10.2. The number of benzene rings is 2. The lowest BCUT2D eigenvalue weighted by molar-refractivity contribution is 0.0401. The van der Waals surface area contributed by atoms with Gasteiger partial charge in [-0.2, -0.15) is 0 Å². The van der Waals surface area contributed by atoms with Crippen molar-refractivity contribution in [2.45, 2.75) is 78.6 Å². The molecule has 0 radical (unpaired) electrons. The Balaban J connectivity index is 1.39. The van der Waals surface area contributed by atoms with Crippen molar-refractivity contribution < 1.29 is 14.3 Å². The molecule has 1 aliphatic rings. The van der Waals surface area contributed by atoms with Crippen LogP contribution in [-0.4, -0.2) is 25.4 Å². The van der Waals surface area contributed by atoms with Crippen LogP contribution in [0.3, 0.4) is 0 Å². The molecule has 0 aliphatic heterocycles. The lowest BCUT2D eigenvalue weighted by atomic mass is 9.82. The molecule has 0 bridgehead atoms. The van der Waals surface area contributed by atoms with Crippen LogP contribution in [0.2, 0.25) is 0 Å². The van der Waals surface area contributed by atoms with E-state index in [0.717, 1.165) is 42.9 Å². The first kappa shape index (κ1) is 27.7. The summed E-state index contributed by atoms with van der Waals surface area (Å²) in [5, 5.41) is 0. The molecule has 4 heteroatoms. The highest BCUT2D eigenvalue weighted by atomic mass is 16.5. The van der Waals surface area contributed by atoms with Crippen molar-refractivity contribution in [2.24, 2.45) is 16.8 Å². The fourth-order valence-electron chi connectivity index (χ4n) is 4.48. The number of carbonyl (C=O) groups excluding carboxylic acids is 1. The fraction of sp³-hybridized carbons (Fsp3) is 0.500. The number of carbonyl (C=O) groups is 1. The van der Waals surface area contributed by atoms with Crippen LogP contribution in [0.5, 0.6) is 5.75 Å². The first-order valence-corrected chi connectivity index (χ1v) is 13.7. The van der Waals surface area contributed by atoms with E-state index in [1.165, 1.54) is 44.1 Å². The summed E-state index contributed by atoms with van der Waals surface area (Å²) in [6.45, 7) is 7.85. The molecule has 3 rings (SSSR count). The minimum absolute atomic E-state index is 0.267. The van der Waals surface area contributed by atoms with E-state index in [1.54, 1.807) is 12.1 Å². The van der Waals surface area contributed by atoms with E-state index in [4.69, 9.17) is 9.47 Å². The van der Waals surface area contributed by atoms with Crippen LogP contribution < -0.4 is 4.74 Å². The van der Waals surface area contributed by atoms with Crippen LogP contribution in [-0.2, 0) is 4.74 Å². The number of hydrogen-bond donors (Lipinski definition) is 0. The van der Waals surface area contributed by atoms with Crippen molar-refractivity contribution in [3.63, 3.8) is 0 Å². The maximum Gasteiger partial charge on any atom is 0.338 e.